The summed E-state index contributed by atoms with van der Waals surface area (Å²) in [5, 5.41) is 3.89. The topological polar surface area (TPSA) is 101 Å². The van der Waals surface area contributed by atoms with Gasteiger partial charge in [0.25, 0.3) is 5.56 Å². The van der Waals surface area contributed by atoms with Crippen LogP contribution in [0, 0.1) is 0 Å². The summed E-state index contributed by atoms with van der Waals surface area (Å²) in [4.78, 5) is 45.3. The minimum atomic E-state index is -0.432. The van der Waals surface area contributed by atoms with Gasteiger partial charge in [0.1, 0.15) is 4.83 Å². The predicted octanol–water partition coefficient (Wildman–Crippen LogP) is 2.99. The quantitative estimate of drug-likeness (QED) is 0.377. The molecule has 1 aliphatic rings. The van der Waals surface area contributed by atoms with E-state index in [4.69, 9.17) is 0 Å². The fourth-order valence-corrected chi connectivity index (χ4v) is 5.17. The number of H-pyrrole nitrogens is 1. The molecule has 7 nitrogen and oxygen atoms in total. The number of hydrogen-bond donors (Lipinski definition) is 2. The Balaban J connectivity index is 1.41. The van der Waals surface area contributed by atoms with Crippen LogP contribution in [0.25, 0.3) is 10.2 Å². The number of nitrogens with zero attached hydrogens (tertiary/aromatic N) is 1. The Bertz CT molecular complexity index is 1120. The molecule has 1 amide bonds. The van der Waals surface area contributed by atoms with Gasteiger partial charge in [-0.25, -0.2) is 9.78 Å². The van der Waals surface area contributed by atoms with Gasteiger partial charge in [-0.2, -0.15) is 0 Å². The van der Waals surface area contributed by atoms with E-state index in [0.29, 0.717) is 21.8 Å². The third-order valence-corrected chi connectivity index (χ3v) is 6.54. The Labute approximate surface area is 168 Å². The number of benzene rings is 1. The molecule has 9 heteroatoms. The van der Waals surface area contributed by atoms with E-state index >= 15 is 0 Å². The smallest absolute Gasteiger partial charge is 0.337 e. The number of carbonyl (C=O) groups is 2. The zero-order valence-corrected chi connectivity index (χ0v) is 16.7. The molecule has 0 saturated carbocycles. The van der Waals surface area contributed by atoms with Crippen LogP contribution >= 0.6 is 23.1 Å². The second kappa shape index (κ2) is 7.76. The maximum atomic E-state index is 12.4. The molecule has 2 N–H and O–H groups in total. The molecule has 4 rings (SSSR count). The van der Waals surface area contributed by atoms with Gasteiger partial charge in [0.15, 0.2) is 5.16 Å². The van der Waals surface area contributed by atoms with Crippen LogP contribution in [0.15, 0.2) is 34.2 Å². The van der Waals surface area contributed by atoms with Crippen molar-refractivity contribution >= 4 is 50.9 Å². The number of esters is 1. The van der Waals surface area contributed by atoms with E-state index in [1.807, 2.05) is 0 Å². The fraction of sp³-hybridized carbons (Fsp3) is 0.263. The molecule has 0 fully saturated rings. The predicted molar refractivity (Wildman–Crippen MR) is 109 cm³/mol. The number of methoxy groups -OCH3 is 1. The lowest BCUT2D eigenvalue weighted by atomic mass is 10.2. The Kier molecular flexibility index (Phi) is 5.19. The first-order valence-corrected chi connectivity index (χ1v) is 10.5. The van der Waals surface area contributed by atoms with Crippen molar-refractivity contribution in [3.63, 3.8) is 0 Å². The third-order valence-electron chi connectivity index (χ3n) is 4.48. The Morgan fingerprint density at radius 1 is 1.29 bits per heavy atom. The number of nitrogens with one attached hydrogen (secondary N) is 2. The zero-order valence-electron chi connectivity index (χ0n) is 15.0. The molecule has 0 spiro atoms. The normalized spacial score (nSPS) is 12.8. The lowest BCUT2D eigenvalue weighted by molar-refractivity contribution is -0.113. The highest BCUT2D eigenvalue weighted by atomic mass is 32.2. The van der Waals surface area contributed by atoms with Crippen LogP contribution in [0.1, 0.15) is 27.2 Å². The van der Waals surface area contributed by atoms with Crippen molar-refractivity contribution in [2.45, 2.75) is 24.4 Å². The second-order valence-corrected chi connectivity index (χ2v) is 8.36. The fourth-order valence-electron chi connectivity index (χ4n) is 3.19. The van der Waals surface area contributed by atoms with Crippen LogP contribution in [-0.4, -0.2) is 34.7 Å². The molecule has 0 saturated heterocycles. The number of hydrogen-bond acceptors (Lipinski definition) is 7. The number of amides is 1. The van der Waals surface area contributed by atoms with E-state index in [9.17, 15) is 14.4 Å². The van der Waals surface area contributed by atoms with Gasteiger partial charge in [0, 0.05) is 10.6 Å². The van der Waals surface area contributed by atoms with E-state index in [1.165, 1.54) is 23.7 Å². The number of rotatable bonds is 5. The molecule has 0 aliphatic heterocycles. The molecule has 2 heterocycles. The number of thioether (sulfide) groups is 1. The minimum Gasteiger partial charge on any atom is -0.465 e. The molecule has 144 valence electrons. The second-order valence-electron chi connectivity index (χ2n) is 6.31. The molecule has 0 atom stereocenters. The molecular formula is C19H17N3O4S2. The van der Waals surface area contributed by atoms with Gasteiger partial charge in [0.2, 0.25) is 5.91 Å². The number of thiophene rings is 1. The first-order chi connectivity index (χ1) is 13.5. The summed E-state index contributed by atoms with van der Waals surface area (Å²) in [6.45, 7) is 0. The molecule has 0 radical (unpaired) electrons. The monoisotopic (exact) mass is 415 g/mol. The molecule has 1 aromatic carbocycles. The first-order valence-electron chi connectivity index (χ1n) is 8.71. The van der Waals surface area contributed by atoms with Crippen LogP contribution in [0.2, 0.25) is 0 Å². The van der Waals surface area contributed by atoms with E-state index in [1.54, 1.807) is 35.6 Å². The van der Waals surface area contributed by atoms with Crippen molar-refractivity contribution < 1.29 is 14.3 Å². The van der Waals surface area contributed by atoms with Gasteiger partial charge in [-0.3, -0.25) is 9.59 Å². The molecule has 28 heavy (non-hydrogen) atoms. The van der Waals surface area contributed by atoms with Crippen molar-refractivity contribution in [3.8, 4) is 0 Å². The third kappa shape index (κ3) is 3.67. The van der Waals surface area contributed by atoms with Gasteiger partial charge in [0.05, 0.1) is 23.8 Å². The van der Waals surface area contributed by atoms with E-state index in [2.05, 4.69) is 20.0 Å². The average molecular weight is 415 g/mol. The molecule has 3 aromatic rings. The maximum absolute atomic E-state index is 12.4. The zero-order chi connectivity index (χ0) is 19.7. The number of aryl methyl sites for hydroxylation is 2. The molecule has 0 unspecified atom stereocenters. The van der Waals surface area contributed by atoms with Crippen molar-refractivity contribution in [1.29, 1.82) is 0 Å². The lowest BCUT2D eigenvalue weighted by Gasteiger charge is -2.06. The van der Waals surface area contributed by atoms with Crippen molar-refractivity contribution in [1.82, 2.24) is 9.97 Å². The largest absolute Gasteiger partial charge is 0.465 e. The van der Waals surface area contributed by atoms with Gasteiger partial charge < -0.3 is 15.0 Å². The maximum Gasteiger partial charge on any atom is 0.337 e. The van der Waals surface area contributed by atoms with Crippen molar-refractivity contribution in [2.24, 2.45) is 0 Å². The van der Waals surface area contributed by atoms with Crippen LogP contribution in [0.5, 0.6) is 0 Å². The lowest BCUT2D eigenvalue weighted by Crippen LogP contribution is -2.15. The van der Waals surface area contributed by atoms with Gasteiger partial charge in [-0.15, -0.1) is 11.3 Å². The van der Waals surface area contributed by atoms with Crippen LogP contribution < -0.4 is 10.9 Å². The summed E-state index contributed by atoms with van der Waals surface area (Å²) in [5.41, 5.74) is 1.99. The number of ether oxygens (including phenoxy) is 1. The first kappa shape index (κ1) is 18.7. The minimum absolute atomic E-state index is 0.109. The van der Waals surface area contributed by atoms with Gasteiger partial charge in [-0.05, 0) is 49.1 Å². The van der Waals surface area contributed by atoms with E-state index in [-0.39, 0.29) is 17.2 Å². The Hall–Kier alpha value is -2.65. The number of aromatic amines is 1. The Morgan fingerprint density at radius 3 is 2.82 bits per heavy atom. The van der Waals surface area contributed by atoms with Crippen molar-refractivity contribution in [2.75, 3.05) is 18.2 Å². The highest BCUT2D eigenvalue weighted by Crippen LogP contribution is 2.35. The highest BCUT2D eigenvalue weighted by molar-refractivity contribution is 7.99. The van der Waals surface area contributed by atoms with E-state index in [0.717, 1.165) is 29.7 Å². The summed E-state index contributed by atoms with van der Waals surface area (Å²) in [6.07, 6.45) is 3.03. The summed E-state index contributed by atoms with van der Waals surface area (Å²) in [7, 11) is 1.31. The number of aromatic nitrogens is 2. The van der Waals surface area contributed by atoms with E-state index < -0.39 is 5.97 Å². The highest BCUT2D eigenvalue weighted by Gasteiger charge is 2.21. The Morgan fingerprint density at radius 2 is 2.07 bits per heavy atom. The standard InChI is InChI=1S/C19H17N3O4S2/c1-26-18(25)10-5-7-11(8-6-10)20-14(23)9-27-19-21-16(24)15-12-3-2-4-13(12)28-17(15)22-19/h5-8H,2-4,9H2,1H3,(H,20,23)(H,21,22,24). The number of fused-ring (bicyclic) bond motifs is 3. The molecule has 1 aliphatic carbocycles. The molecular weight excluding hydrogens is 398 g/mol. The number of anilines is 1. The average Bonchev–Trinajstić information content (AvgIpc) is 3.27. The molecule has 0 bridgehead atoms. The molecule has 2 aromatic heterocycles. The van der Waals surface area contributed by atoms with Gasteiger partial charge >= 0.3 is 5.97 Å². The summed E-state index contributed by atoms with van der Waals surface area (Å²) >= 11 is 2.76. The summed E-state index contributed by atoms with van der Waals surface area (Å²) < 4.78 is 4.64. The van der Waals surface area contributed by atoms with Crippen LogP contribution in [0.3, 0.4) is 0 Å². The summed E-state index contributed by atoms with van der Waals surface area (Å²) in [5.74, 6) is -0.552. The summed E-state index contributed by atoms with van der Waals surface area (Å²) in [6, 6.07) is 6.43. The van der Waals surface area contributed by atoms with Crippen LogP contribution in [0.4, 0.5) is 5.69 Å². The number of carbonyl (C=O) groups excluding carboxylic acids is 2. The van der Waals surface area contributed by atoms with Crippen LogP contribution in [-0.2, 0) is 22.4 Å². The van der Waals surface area contributed by atoms with Gasteiger partial charge in [-0.1, -0.05) is 11.8 Å². The van der Waals surface area contributed by atoms with Crippen molar-refractivity contribution in [3.05, 3.63) is 50.6 Å². The SMILES string of the molecule is COC(=O)c1ccc(NC(=O)CSc2nc3sc4c(c3c(=O)[nH]2)CCC4)cc1.